The summed E-state index contributed by atoms with van der Waals surface area (Å²) >= 11 is 0. The van der Waals surface area contributed by atoms with Crippen LogP contribution in [0.2, 0.25) is 0 Å². The quantitative estimate of drug-likeness (QED) is 0.707. The molecule has 3 heterocycles. The van der Waals surface area contributed by atoms with E-state index in [9.17, 15) is 9.59 Å². The van der Waals surface area contributed by atoms with Gasteiger partial charge in [-0.3, -0.25) is 9.59 Å². The molecule has 28 heavy (non-hydrogen) atoms. The zero-order valence-corrected chi connectivity index (χ0v) is 16.0. The largest absolute Gasteiger partial charge is 0.350 e. The average Bonchev–Trinajstić information content (AvgIpc) is 3.42. The molecule has 5 rings (SSSR count). The van der Waals surface area contributed by atoms with Crippen molar-refractivity contribution in [2.45, 2.75) is 18.9 Å². The van der Waals surface area contributed by atoms with E-state index in [0.717, 1.165) is 48.0 Å². The first-order valence-corrected chi connectivity index (χ1v) is 9.87. The Kier molecular flexibility index (Phi) is 3.97. The van der Waals surface area contributed by atoms with Crippen molar-refractivity contribution in [2.24, 2.45) is 7.05 Å². The second kappa shape index (κ2) is 6.51. The highest BCUT2D eigenvalue weighted by molar-refractivity contribution is 6.02. The monoisotopic (exact) mass is 373 g/mol. The summed E-state index contributed by atoms with van der Waals surface area (Å²) in [5.74, 6) is -0.00928. The average molecular weight is 373 g/mol. The smallest absolute Gasteiger partial charge is 0.255 e. The summed E-state index contributed by atoms with van der Waals surface area (Å²) in [6.07, 6.45) is 4.19. The van der Waals surface area contributed by atoms with Crippen molar-refractivity contribution in [2.75, 3.05) is 19.6 Å². The Balaban J connectivity index is 1.61. The molecule has 1 saturated heterocycles. The van der Waals surface area contributed by atoms with Crippen LogP contribution in [0.25, 0.3) is 10.9 Å². The van der Waals surface area contributed by atoms with Gasteiger partial charge in [-0.2, -0.15) is 0 Å². The number of aryl methyl sites for hydroxylation is 1. The zero-order valence-electron chi connectivity index (χ0n) is 16.0. The topological polar surface area (TPSA) is 45.6 Å². The third-order valence-corrected chi connectivity index (χ3v) is 6.05. The van der Waals surface area contributed by atoms with Gasteiger partial charge in [0, 0.05) is 48.4 Å². The molecule has 0 radical (unpaired) electrons. The summed E-state index contributed by atoms with van der Waals surface area (Å²) in [6.45, 7) is 1.72. The third-order valence-electron chi connectivity index (χ3n) is 6.05. The van der Waals surface area contributed by atoms with Crippen molar-refractivity contribution in [3.8, 4) is 0 Å². The number of hydrogen-bond donors (Lipinski definition) is 0. The summed E-state index contributed by atoms with van der Waals surface area (Å²) in [7, 11) is 2.02. The minimum Gasteiger partial charge on any atom is -0.350 e. The molecule has 0 N–H and O–H groups in total. The van der Waals surface area contributed by atoms with Crippen LogP contribution in [0.5, 0.6) is 0 Å². The van der Waals surface area contributed by atoms with E-state index >= 15 is 0 Å². The van der Waals surface area contributed by atoms with Gasteiger partial charge in [0.15, 0.2) is 0 Å². The summed E-state index contributed by atoms with van der Waals surface area (Å²) in [4.78, 5) is 29.7. The number of carbonyl (C=O) groups is 2. The van der Waals surface area contributed by atoms with Gasteiger partial charge in [0.1, 0.15) is 6.54 Å². The Morgan fingerprint density at radius 2 is 1.71 bits per heavy atom. The van der Waals surface area contributed by atoms with Crippen LogP contribution in [-0.2, 0) is 11.8 Å². The number of aromatic nitrogens is 1. The van der Waals surface area contributed by atoms with Crippen LogP contribution in [0.3, 0.4) is 0 Å². The minimum absolute atomic E-state index is 0.0453. The normalized spacial score (nSPS) is 18.9. The molecule has 1 atom stereocenters. The second-order valence-electron chi connectivity index (χ2n) is 7.72. The molecule has 2 aliphatic heterocycles. The Morgan fingerprint density at radius 3 is 2.54 bits per heavy atom. The van der Waals surface area contributed by atoms with Crippen molar-refractivity contribution in [3.63, 3.8) is 0 Å². The number of para-hydroxylation sites is 1. The molecule has 1 aromatic heterocycles. The third kappa shape index (κ3) is 2.53. The molecular formula is C23H23N3O2. The fraction of sp³-hybridized carbons (Fsp3) is 0.304. The number of likely N-dealkylation sites (tertiary alicyclic amines) is 1. The predicted octanol–water partition coefficient (Wildman–Crippen LogP) is 3.35. The standard InChI is InChI=1S/C23H23N3O2/c1-24-14-19(16-8-4-5-11-20(16)24)22-17-9-2-3-10-18(17)23(28)26(22)15-21(27)25-12-6-7-13-25/h2-5,8-11,14,22H,6-7,12-13,15H2,1H3/t22-/m1/s1. The predicted molar refractivity (Wildman–Crippen MR) is 108 cm³/mol. The van der Waals surface area contributed by atoms with Crippen molar-refractivity contribution in [1.29, 1.82) is 0 Å². The number of rotatable bonds is 3. The molecule has 5 nitrogen and oxygen atoms in total. The highest BCUT2D eigenvalue weighted by Gasteiger charge is 2.40. The Labute approximate surface area is 164 Å². The van der Waals surface area contributed by atoms with E-state index in [4.69, 9.17) is 0 Å². The Morgan fingerprint density at radius 1 is 1.00 bits per heavy atom. The maximum absolute atomic E-state index is 13.2. The number of carbonyl (C=O) groups excluding carboxylic acids is 2. The lowest BCUT2D eigenvalue weighted by Gasteiger charge is -2.27. The van der Waals surface area contributed by atoms with E-state index in [1.165, 1.54) is 0 Å². The molecule has 0 bridgehead atoms. The number of fused-ring (bicyclic) bond motifs is 2. The van der Waals surface area contributed by atoms with Gasteiger partial charge in [-0.05, 0) is 30.5 Å². The summed E-state index contributed by atoms with van der Waals surface area (Å²) < 4.78 is 2.09. The molecule has 0 saturated carbocycles. The number of hydrogen-bond acceptors (Lipinski definition) is 2. The Bertz CT molecular complexity index is 1080. The van der Waals surface area contributed by atoms with Crippen molar-refractivity contribution in [1.82, 2.24) is 14.4 Å². The van der Waals surface area contributed by atoms with Gasteiger partial charge < -0.3 is 14.4 Å². The fourth-order valence-corrected chi connectivity index (χ4v) is 4.67. The molecule has 2 amide bonds. The van der Waals surface area contributed by atoms with Gasteiger partial charge in [0.2, 0.25) is 5.91 Å². The van der Waals surface area contributed by atoms with Crippen molar-refractivity contribution >= 4 is 22.7 Å². The number of amides is 2. The van der Waals surface area contributed by atoms with Crippen LogP contribution in [0.15, 0.2) is 54.7 Å². The van der Waals surface area contributed by atoms with Crippen LogP contribution in [0.4, 0.5) is 0 Å². The number of benzene rings is 2. The van der Waals surface area contributed by atoms with E-state index in [0.29, 0.717) is 5.56 Å². The summed E-state index contributed by atoms with van der Waals surface area (Å²) in [6, 6.07) is 15.7. The maximum Gasteiger partial charge on any atom is 0.255 e. The summed E-state index contributed by atoms with van der Waals surface area (Å²) in [5, 5.41) is 1.12. The van der Waals surface area contributed by atoms with Gasteiger partial charge in [-0.1, -0.05) is 36.4 Å². The molecule has 0 spiro atoms. The van der Waals surface area contributed by atoms with Crippen LogP contribution in [-0.4, -0.2) is 45.8 Å². The summed E-state index contributed by atoms with van der Waals surface area (Å²) in [5.41, 5.74) is 3.89. The highest BCUT2D eigenvalue weighted by Crippen LogP contribution is 2.41. The molecule has 2 aliphatic rings. The van der Waals surface area contributed by atoms with Gasteiger partial charge in [0.25, 0.3) is 5.91 Å². The lowest BCUT2D eigenvalue weighted by Crippen LogP contribution is -2.40. The first kappa shape index (κ1) is 17.0. The van der Waals surface area contributed by atoms with Gasteiger partial charge in [-0.15, -0.1) is 0 Å². The van der Waals surface area contributed by atoms with Crippen molar-refractivity contribution in [3.05, 3.63) is 71.4 Å². The van der Waals surface area contributed by atoms with E-state index in [2.05, 4.69) is 22.9 Å². The maximum atomic E-state index is 13.2. The fourth-order valence-electron chi connectivity index (χ4n) is 4.67. The van der Waals surface area contributed by atoms with Gasteiger partial charge in [-0.25, -0.2) is 0 Å². The van der Waals surface area contributed by atoms with Crippen LogP contribution in [0, 0.1) is 0 Å². The van der Waals surface area contributed by atoms with Crippen LogP contribution < -0.4 is 0 Å². The molecule has 5 heteroatoms. The van der Waals surface area contributed by atoms with Crippen molar-refractivity contribution < 1.29 is 9.59 Å². The first-order valence-electron chi connectivity index (χ1n) is 9.87. The van der Waals surface area contributed by atoms with Crippen LogP contribution >= 0.6 is 0 Å². The molecule has 2 aromatic carbocycles. The SMILES string of the molecule is Cn1cc([C@H]2c3ccccc3C(=O)N2CC(=O)N2CCCC2)c2ccccc21. The minimum atomic E-state index is -0.235. The van der Waals surface area contributed by atoms with Crippen LogP contribution in [0.1, 0.15) is 40.4 Å². The molecule has 1 fully saturated rings. The highest BCUT2D eigenvalue weighted by atomic mass is 16.2. The second-order valence-corrected chi connectivity index (χ2v) is 7.72. The lowest BCUT2D eigenvalue weighted by atomic mass is 9.97. The molecule has 142 valence electrons. The first-order chi connectivity index (χ1) is 13.6. The lowest BCUT2D eigenvalue weighted by molar-refractivity contribution is -0.131. The van der Waals surface area contributed by atoms with E-state index in [1.807, 2.05) is 48.3 Å². The van der Waals surface area contributed by atoms with Gasteiger partial charge in [0.05, 0.1) is 6.04 Å². The number of nitrogens with zero attached hydrogens (tertiary/aromatic N) is 3. The van der Waals surface area contributed by atoms with Gasteiger partial charge >= 0.3 is 0 Å². The molecule has 0 aliphatic carbocycles. The zero-order chi connectivity index (χ0) is 19.3. The van der Waals surface area contributed by atoms with E-state index in [1.54, 1.807) is 4.90 Å². The van der Waals surface area contributed by atoms with E-state index in [-0.39, 0.29) is 24.4 Å². The molecule has 0 unspecified atom stereocenters. The Hall–Kier alpha value is -3.08. The molecular weight excluding hydrogens is 350 g/mol. The van der Waals surface area contributed by atoms with E-state index < -0.39 is 0 Å². The molecule has 3 aromatic rings.